The Morgan fingerprint density at radius 3 is 1.10 bits per heavy atom. The fourth-order valence-electron chi connectivity index (χ4n) is 11.4. The molecule has 72 heavy (non-hydrogen) atoms. The Labute approximate surface area is 408 Å². The van der Waals surface area contributed by atoms with Crippen LogP contribution >= 0.6 is 0 Å². The zero-order chi connectivity index (χ0) is 48.4. The van der Waals surface area contributed by atoms with Crippen molar-refractivity contribution in [3.8, 4) is 39.9 Å². The third-order valence-electron chi connectivity index (χ3n) is 14.4. The highest BCUT2D eigenvalue weighted by atomic mass is 19.4. The van der Waals surface area contributed by atoms with Gasteiger partial charge in [-0.2, -0.15) is 18.4 Å². The minimum atomic E-state index is -4.68. The van der Waals surface area contributed by atoms with E-state index in [0.29, 0.717) is 28.1 Å². The lowest BCUT2D eigenvalue weighted by Crippen LogP contribution is -2.07. The number of rotatable bonds is 5. The van der Waals surface area contributed by atoms with E-state index in [2.05, 4.69) is 151 Å². The molecule has 4 aromatic heterocycles. The molecule has 14 rings (SSSR count). The van der Waals surface area contributed by atoms with Gasteiger partial charge in [0.25, 0.3) is 0 Å². The molecule has 0 saturated carbocycles. The van der Waals surface area contributed by atoms with Crippen molar-refractivity contribution in [2.75, 3.05) is 0 Å². The summed E-state index contributed by atoms with van der Waals surface area (Å²) in [5, 5.41) is 19.3. The van der Waals surface area contributed by atoms with Gasteiger partial charge in [-0.3, -0.25) is 0 Å². The predicted octanol–water partition coefficient (Wildman–Crippen LogP) is 17.2. The first-order chi connectivity index (χ1) is 35.3. The van der Waals surface area contributed by atoms with Gasteiger partial charge in [-0.15, -0.1) is 0 Å². The summed E-state index contributed by atoms with van der Waals surface area (Å²) >= 11 is 0. The number of nitriles is 1. The number of hydrogen-bond acceptors (Lipinski definition) is 1. The Hall–Kier alpha value is -9.83. The highest BCUT2D eigenvalue weighted by molar-refractivity contribution is 6.15. The molecule has 0 radical (unpaired) electrons. The molecule has 0 bridgehead atoms. The first kappa shape index (κ1) is 41.2. The number of aromatic nitrogens is 4. The maximum atomic E-state index is 14.5. The van der Waals surface area contributed by atoms with Gasteiger partial charge in [-0.05, 0) is 96.6 Å². The van der Waals surface area contributed by atoms with Crippen LogP contribution in [-0.2, 0) is 6.18 Å². The number of fused-ring (bicyclic) bond motifs is 12. The second-order valence-electron chi connectivity index (χ2n) is 18.2. The van der Waals surface area contributed by atoms with Crippen LogP contribution < -0.4 is 0 Å². The summed E-state index contributed by atoms with van der Waals surface area (Å²) in [4.78, 5) is 3.80. The van der Waals surface area contributed by atoms with Crippen LogP contribution in [0.1, 0.15) is 11.1 Å². The fraction of sp³-hybridized carbons (Fsp3) is 0.0159. The quantitative estimate of drug-likeness (QED) is 0.159. The minimum absolute atomic E-state index is 0.166. The largest absolute Gasteiger partial charge is 0.415 e. The molecular weight excluding hydrogens is 898 g/mol. The molecule has 9 heteroatoms. The van der Waals surface area contributed by atoms with Crippen molar-refractivity contribution in [1.82, 2.24) is 18.3 Å². The van der Waals surface area contributed by atoms with E-state index < -0.39 is 11.7 Å². The van der Waals surface area contributed by atoms with E-state index in [-0.39, 0.29) is 5.69 Å². The second-order valence-corrected chi connectivity index (χ2v) is 18.2. The number of para-hydroxylation sites is 6. The number of halogens is 3. The van der Waals surface area contributed by atoms with Crippen LogP contribution in [0.2, 0.25) is 0 Å². The number of nitrogens with zero attached hydrogens (tertiary/aromatic N) is 6. The van der Waals surface area contributed by atoms with Gasteiger partial charge < -0.3 is 18.3 Å². The van der Waals surface area contributed by atoms with Crippen molar-refractivity contribution in [3.63, 3.8) is 0 Å². The maximum absolute atomic E-state index is 14.5. The smallest absolute Gasteiger partial charge is 0.309 e. The van der Waals surface area contributed by atoms with Crippen LogP contribution in [-0.4, -0.2) is 18.3 Å². The SMILES string of the molecule is [C-]#[N+]c1cc(C(F)(F)F)ccc1-c1c(-n2c3ccccc3c3cc(-n4c5ccccc5c5ccccc54)ccc32)cc(C#N)cc1-n1c2ccccc2c2cc(-n3c4ccccc4c4ccccc43)ccc21. The van der Waals surface area contributed by atoms with Crippen LogP contribution in [0, 0.1) is 17.9 Å². The molecule has 14 aromatic rings. The third kappa shape index (κ3) is 5.89. The molecule has 0 atom stereocenters. The molecule has 0 aliphatic rings. The maximum Gasteiger partial charge on any atom is 0.415 e. The molecule has 0 unspecified atom stereocenters. The third-order valence-corrected chi connectivity index (χ3v) is 14.4. The molecule has 0 fully saturated rings. The molecule has 0 saturated heterocycles. The fourth-order valence-corrected chi connectivity index (χ4v) is 11.4. The van der Waals surface area contributed by atoms with Gasteiger partial charge in [-0.1, -0.05) is 121 Å². The molecule has 6 nitrogen and oxygen atoms in total. The second kappa shape index (κ2) is 15.3. The lowest BCUT2D eigenvalue weighted by molar-refractivity contribution is -0.137. The summed E-state index contributed by atoms with van der Waals surface area (Å²) in [6.45, 7) is 8.43. The van der Waals surface area contributed by atoms with E-state index in [4.69, 9.17) is 6.57 Å². The van der Waals surface area contributed by atoms with Crippen LogP contribution in [0.4, 0.5) is 18.9 Å². The Balaban J connectivity index is 1.08. The van der Waals surface area contributed by atoms with Gasteiger partial charge in [0.2, 0.25) is 0 Å². The van der Waals surface area contributed by atoms with E-state index in [9.17, 15) is 18.4 Å². The molecular formula is C63H35F3N6. The van der Waals surface area contributed by atoms with Gasteiger partial charge in [0, 0.05) is 65.6 Å². The molecule has 0 N–H and O–H groups in total. The van der Waals surface area contributed by atoms with Gasteiger partial charge in [0.15, 0.2) is 5.69 Å². The van der Waals surface area contributed by atoms with Crippen LogP contribution in [0.5, 0.6) is 0 Å². The number of alkyl halides is 3. The first-order valence-corrected chi connectivity index (χ1v) is 23.5. The van der Waals surface area contributed by atoms with E-state index in [1.54, 1.807) is 12.1 Å². The van der Waals surface area contributed by atoms with Crippen molar-refractivity contribution in [3.05, 3.63) is 235 Å². The highest BCUT2D eigenvalue weighted by Crippen LogP contribution is 2.48. The Morgan fingerprint density at radius 1 is 0.389 bits per heavy atom. The van der Waals surface area contributed by atoms with E-state index >= 15 is 0 Å². The lowest BCUT2D eigenvalue weighted by atomic mass is 9.95. The number of benzene rings is 10. The standard InChI is InChI=1S/C63H35F3N6/c1-68-51-34-39(63(64,65)66)26-29-48(51)62-60(71-56-24-12-6-18-46(56)49-35-40(27-30-58(49)71)69-52-20-8-2-14-42(52)43-15-3-9-21-53(43)69)32-38(37-67)33-61(62)72-57-25-13-7-19-47(57)50-36-41(28-31-59(50)72)70-54-22-10-4-16-44(54)45-17-5-11-23-55(45)70/h2-36H. The Kier molecular flexibility index (Phi) is 8.77. The van der Waals surface area contributed by atoms with Crippen molar-refractivity contribution < 1.29 is 13.2 Å². The average Bonchev–Trinajstić information content (AvgIpc) is 4.15. The number of hydrogen-bond donors (Lipinski definition) is 0. The van der Waals surface area contributed by atoms with Gasteiger partial charge in [-0.25, -0.2) is 4.85 Å². The summed E-state index contributed by atoms with van der Waals surface area (Å²) in [6, 6.07) is 71.7. The van der Waals surface area contributed by atoms with E-state index in [1.165, 1.54) is 6.07 Å². The lowest BCUT2D eigenvalue weighted by Gasteiger charge is -2.22. The topological polar surface area (TPSA) is 47.9 Å². The van der Waals surface area contributed by atoms with Crippen molar-refractivity contribution >= 4 is 92.9 Å². The Bertz CT molecular complexity index is 4360. The Morgan fingerprint density at radius 2 is 0.736 bits per heavy atom. The zero-order valence-corrected chi connectivity index (χ0v) is 38.0. The molecule has 10 aromatic carbocycles. The van der Waals surface area contributed by atoms with Crippen molar-refractivity contribution in [2.24, 2.45) is 0 Å². The average molecular weight is 933 g/mol. The van der Waals surface area contributed by atoms with Gasteiger partial charge in [0.05, 0.1) is 73.7 Å². The molecule has 338 valence electrons. The van der Waals surface area contributed by atoms with Crippen LogP contribution in [0.3, 0.4) is 0 Å². The molecule has 0 aliphatic heterocycles. The highest BCUT2D eigenvalue weighted by Gasteiger charge is 2.32. The van der Waals surface area contributed by atoms with Crippen LogP contribution in [0.25, 0.3) is 126 Å². The molecule has 0 amide bonds. The summed E-state index contributed by atoms with van der Waals surface area (Å²) in [7, 11) is 0. The van der Waals surface area contributed by atoms with Gasteiger partial charge >= 0.3 is 6.18 Å². The van der Waals surface area contributed by atoms with Gasteiger partial charge in [0.1, 0.15) is 0 Å². The van der Waals surface area contributed by atoms with Crippen molar-refractivity contribution in [2.45, 2.75) is 6.18 Å². The monoisotopic (exact) mass is 932 g/mol. The molecule has 0 spiro atoms. The summed E-state index contributed by atoms with van der Waals surface area (Å²) < 4.78 is 52.3. The minimum Gasteiger partial charge on any atom is -0.309 e. The van der Waals surface area contributed by atoms with E-state index in [0.717, 1.165) is 111 Å². The van der Waals surface area contributed by atoms with Crippen LogP contribution in [0.15, 0.2) is 212 Å². The normalized spacial score (nSPS) is 12.1. The zero-order valence-electron chi connectivity index (χ0n) is 38.0. The predicted molar refractivity (Wildman–Crippen MR) is 285 cm³/mol. The molecule has 0 aliphatic carbocycles. The van der Waals surface area contributed by atoms with Crippen molar-refractivity contribution in [1.29, 1.82) is 5.26 Å². The first-order valence-electron chi connectivity index (χ1n) is 23.5. The molecule has 4 heterocycles. The summed E-state index contributed by atoms with van der Waals surface area (Å²) in [5.74, 6) is 0. The summed E-state index contributed by atoms with van der Waals surface area (Å²) in [5.41, 5.74) is 10.6. The summed E-state index contributed by atoms with van der Waals surface area (Å²) in [6.07, 6.45) is -4.68. The van der Waals surface area contributed by atoms with E-state index in [1.807, 2.05) is 60.7 Å².